The van der Waals surface area contributed by atoms with Gasteiger partial charge in [0.15, 0.2) is 24.8 Å². The van der Waals surface area contributed by atoms with E-state index in [4.69, 9.17) is 23.7 Å². The molecule has 2 aliphatic carbocycles. The average Bonchev–Trinajstić information content (AvgIpc) is 2.96. The summed E-state index contributed by atoms with van der Waals surface area (Å²) >= 11 is 0. The molecule has 250 valence electrons. The molecular formula is C27H47O16+. The van der Waals surface area contributed by atoms with Crippen molar-refractivity contribution in [1.29, 1.82) is 0 Å². The lowest BCUT2D eigenvalue weighted by atomic mass is 9.72. The van der Waals surface area contributed by atoms with Gasteiger partial charge in [0, 0.05) is 18.8 Å². The van der Waals surface area contributed by atoms with Crippen molar-refractivity contribution >= 4 is 0 Å². The van der Waals surface area contributed by atoms with Gasteiger partial charge in [0.2, 0.25) is 0 Å². The fourth-order valence-corrected chi connectivity index (χ4v) is 7.33. The maximum absolute atomic E-state index is 11.0. The molecule has 43 heavy (non-hydrogen) atoms. The Bertz CT molecular complexity index is 902. The van der Waals surface area contributed by atoms with Gasteiger partial charge in [-0.15, -0.1) is 0 Å². The van der Waals surface area contributed by atoms with Gasteiger partial charge in [0.05, 0.1) is 43.0 Å². The van der Waals surface area contributed by atoms with Crippen LogP contribution in [0, 0.1) is 11.8 Å². The number of hydrogen-bond acceptors (Lipinski definition) is 15. The Balaban J connectivity index is 1.41. The standard InChI is InChI=1S/C27H46O16/c1-8-18(33)21(36)23(38)26(39-8)43-25-22(37)20(35)17(7-28)42-27(25)41-16-6-11-12(30)4-10(29)5-15(11)40-24(16)9-2-13(31)19(34)14(32)3-9/h8-38H,2-7H2,1H3/p+1/t8-,9?,10?,11?,12?,13?,14?,15?,16?,17+,18-,19?,20+,21+,22-,23+,24?,25+,26-,27+/m0/s1. The molecule has 0 amide bonds. The minimum Gasteiger partial charge on any atom is -0.427 e. The van der Waals surface area contributed by atoms with E-state index >= 15 is 0 Å². The van der Waals surface area contributed by atoms with Crippen LogP contribution >= 0.6 is 0 Å². The van der Waals surface area contributed by atoms with E-state index in [0.29, 0.717) is 0 Å². The van der Waals surface area contributed by atoms with Crippen molar-refractivity contribution < 1.29 is 79.9 Å². The average molecular weight is 628 g/mol. The van der Waals surface area contributed by atoms with Crippen molar-refractivity contribution in [2.24, 2.45) is 11.8 Å². The van der Waals surface area contributed by atoms with E-state index in [1.165, 1.54) is 6.92 Å². The number of rotatable bonds is 6. The van der Waals surface area contributed by atoms with E-state index in [2.05, 4.69) is 0 Å². The van der Waals surface area contributed by atoms with Crippen LogP contribution in [-0.4, -0.2) is 178 Å². The molecule has 0 spiro atoms. The van der Waals surface area contributed by atoms with Crippen LogP contribution in [0.15, 0.2) is 0 Å². The lowest BCUT2D eigenvalue weighted by Gasteiger charge is -2.50. The highest BCUT2D eigenvalue weighted by atomic mass is 16.8. The zero-order valence-electron chi connectivity index (χ0n) is 23.8. The lowest BCUT2D eigenvalue weighted by molar-refractivity contribution is -0.386. The molecule has 0 bridgehead atoms. The lowest BCUT2D eigenvalue weighted by Crippen LogP contribution is -2.65. The van der Waals surface area contributed by atoms with Gasteiger partial charge < -0.3 is 79.9 Å². The van der Waals surface area contributed by atoms with E-state index in [1.54, 1.807) is 0 Å². The van der Waals surface area contributed by atoms with Gasteiger partial charge in [0.1, 0.15) is 54.9 Å². The van der Waals surface area contributed by atoms with Crippen molar-refractivity contribution in [3.63, 3.8) is 0 Å². The molecule has 0 radical (unpaired) electrons. The Hall–Kier alpha value is -0.640. The fourth-order valence-electron chi connectivity index (χ4n) is 7.33. The minimum absolute atomic E-state index is 0.0704. The van der Waals surface area contributed by atoms with Crippen LogP contribution in [0.3, 0.4) is 0 Å². The molecule has 16 heteroatoms. The summed E-state index contributed by atoms with van der Waals surface area (Å²) < 4.78 is 28.4. The first kappa shape index (κ1) is 33.7. The fraction of sp³-hybridized carbons (Fsp3) is 1.00. The summed E-state index contributed by atoms with van der Waals surface area (Å²) in [5.41, 5.74) is 0. The van der Waals surface area contributed by atoms with Crippen LogP contribution in [0.5, 0.6) is 0 Å². The third-order valence-corrected chi connectivity index (χ3v) is 9.86. The van der Waals surface area contributed by atoms with Crippen molar-refractivity contribution in [3.05, 3.63) is 0 Å². The summed E-state index contributed by atoms with van der Waals surface area (Å²) in [6.45, 7) is 0.740. The normalized spacial score (nSPS) is 56.4. The third kappa shape index (κ3) is 6.76. The van der Waals surface area contributed by atoms with Crippen LogP contribution in [-0.2, 0) is 18.9 Å². The Morgan fingerprint density at radius 2 is 1.33 bits per heavy atom. The third-order valence-electron chi connectivity index (χ3n) is 9.86. The number of aliphatic hydroxyl groups excluding tert-OH is 11. The number of hydrogen-bond donors (Lipinski definition) is 11. The molecule has 0 aromatic heterocycles. The Kier molecular flexibility index (Phi) is 10.7. The van der Waals surface area contributed by atoms with Crippen LogP contribution < -0.4 is 0 Å². The number of aliphatic hydroxyl groups is 13. The maximum atomic E-state index is 11.0. The van der Waals surface area contributed by atoms with E-state index < -0.39 is 129 Å². The van der Waals surface area contributed by atoms with E-state index in [0.717, 1.165) is 0 Å². The smallest absolute Gasteiger partial charge is 0.187 e. The Morgan fingerprint density at radius 1 is 0.651 bits per heavy atom. The second kappa shape index (κ2) is 13.6. The summed E-state index contributed by atoms with van der Waals surface area (Å²) in [5, 5.41) is 114. The maximum Gasteiger partial charge on any atom is 0.187 e. The molecule has 3 heterocycles. The number of ether oxygens (including phenoxy) is 5. The van der Waals surface area contributed by atoms with Gasteiger partial charge >= 0.3 is 0 Å². The van der Waals surface area contributed by atoms with Crippen molar-refractivity contribution in [1.82, 2.24) is 0 Å². The van der Waals surface area contributed by atoms with Crippen molar-refractivity contribution in [2.45, 2.75) is 149 Å². The van der Waals surface area contributed by atoms with Gasteiger partial charge in [-0.05, 0) is 26.2 Å². The summed E-state index contributed by atoms with van der Waals surface area (Å²) in [4.78, 5) is 0. The van der Waals surface area contributed by atoms with Crippen LogP contribution in [0.2, 0.25) is 0 Å². The highest BCUT2D eigenvalue weighted by molar-refractivity contribution is 5.00. The van der Waals surface area contributed by atoms with E-state index in [-0.39, 0.29) is 32.1 Å². The first-order chi connectivity index (χ1) is 20.3. The van der Waals surface area contributed by atoms with E-state index in [1.807, 2.05) is 0 Å². The first-order valence-corrected chi connectivity index (χ1v) is 15.0. The Labute approximate surface area is 248 Å². The Morgan fingerprint density at radius 3 is 1.98 bits per heavy atom. The molecule has 3 aliphatic heterocycles. The second-order valence-electron chi connectivity index (χ2n) is 12.8. The molecule has 5 rings (SSSR count). The van der Waals surface area contributed by atoms with Gasteiger partial charge in [-0.2, -0.15) is 0 Å². The molecule has 5 fully saturated rings. The number of fused-ring (bicyclic) bond motifs is 1. The molecule has 2 saturated carbocycles. The molecule has 3 saturated heterocycles. The minimum atomic E-state index is -1.74. The van der Waals surface area contributed by atoms with Crippen LogP contribution in [0.1, 0.15) is 39.0 Å². The van der Waals surface area contributed by atoms with Crippen molar-refractivity contribution in [3.8, 4) is 0 Å². The summed E-state index contributed by atoms with van der Waals surface area (Å²) in [7, 11) is 0. The second-order valence-corrected chi connectivity index (χ2v) is 12.8. The summed E-state index contributed by atoms with van der Waals surface area (Å²) in [6.07, 6.45) is -21.9. The van der Waals surface area contributed by atoms with Crippen molar-refractivity contribution in [2.75, 3.05) is 6.61 Å². The van der Waals surface area contributed by atoms with Gasteiger partial charge in [0.25, 0.3) is 0 Å². The molecule has 5 aliphatic rings. The van der Waals surface area contributed by atoms with Gasteiger partial charge in [-0.3, -0.25) is 0 Å². The predicted molar refractivity (Wildman–Crippen MR) is 140 cm³/mol. The molecule has 16 nitrogen and oxygen atoms in total. The zero-order valence-corrected chi connectivity index (χ0v) is 23.8. The van der Waals surface area contributed by atoms with Gasteiger partial charge in [-0.1, -0.05) is 0 Å². The predicted octanol–water partition coefficient (Wildman–Crippen LogP) is -5.68. The SMILES string of the molecule is C[C@@H]1O[C@@H](O[C@H]2[C@H](OC3CC4C(O)CC(O)CC4[OH+]C3C3CC(O)C(O)C(O)C3)O[C@H](CO)[C@@H](O)[C@@H]2O)[C@H](O)[C@H](O)[C@H]1O. The van der Waals surface area contributed by atoms with Crippen LogP contribution in [0.25, 0.3) is 0 Å². The molecule has 0 aromatic carbocycles. The molecule has 8 unspecified atom stereocenters. The molecule has 12 N–H and O–H groups in total. The highest BCUT2D eigenvalue weighted by Crippen LogP contribution is 2.42. The quantitative estimate of drug-likeness (QED) is 0.123. The largest absolute Gasteiger partial charge is 0.427 e. The van der Waals surface area contributed by atoms with Gasteiger partial charge in [-0.25, -0.2) is 0 Å². The van der Waals surface area contributed by atoms with E-state index in [9.17, 15) is 56.2 Å². The monoisotopic (exact) mass is 627 g/mol. The first-order valence-electron chi connectivity index (χ1n) is 15.0. The summed E-state index contributed by atoms with van der Waals surface area (Å²) in [6, 6.07) is 0. The van der Waals surface area contributed by atoms with Crippen LogP contribution in [0.4, 0.5) is 0 Å². The topological polar surface area (TPSA) is 272 Å². The molecule has 18 atom stereocenters. The highest BCUT2D eigenvalue weighted by Gasteiger charge is 2.56. The zero-order chi connectivity index (χ0) is 31.3. The molecule has 0 aromatic rings. The molecular weight excluding hydrogens is 580 g/mol. The summed E-state index contributed by atoms with van der Waals surface area (Å²) in [5.74, 6) is -0.926.